The first-order valence-corrected chi connectivity index (χ1v) is 9.96. The van der Waals surface area contributed by atoms with Crippen LogP contribution in [0.1, 0.15) is 11.1 Å². The maximum atomic E-state index is 12.6. The summed E-state index contributed by atoms with van der Waals surface area (Å²) in [4.78, 5) is 14.5. The molecule has 0 spiro atoms. The van der Waals surface area contributed by atoms with Crippen LogP contribution in [0.4, 0.5) is 5.69 Å². The summed E-state index contributed by atoms with van der Waals surface area (Å²) in [6, 6.07) is 12.4. The van der Waals surface area contributed by atoms with E-state index in [4.69, 9.17) is 4.74 Å². The zero-order valence-electron chi connectivity index (χ0n) is 15.5. The van der Waals surface area contributed by atoms with E-state index in [1.165, 1.54) is 24.5 Å². The molecule has 6 nitrogen and oxygen atoms in total. The summed E-state index contributed by atoms with van der Waals surface area (Å²) in [6.45, 7) is 0.524. The largest absolute Gasteiger partial charge is 0.496 e. The summed E-state index contributed by atoms with van der Waals surface area (Å²) >= 11 is 0. The van der Waals surface area contributed by atoms with Crippen molar-refractivity contribution in [2.24, 2.45) is 0 Å². The van der Waals surface area contributed by atoms with Crippen LogP contribution < -0.4 is 9.64 Å². The summed E-state index contributed by atoms with van der Waals surface area (Å²) in [7, 11) is 1.10. The number of methoxy groups -OCH3 is 1. The molecule has 3 rings (SSSR count). The summed E-state index contributed by atoms with van der Waals surface area (Å²) in [5.41, 5.74) is 2.43. The van der Waals surface area contributed by atoms with Gasteiger partial charge in [0.15, 0.2) is 0 Å². The third-order valence-corrected chi connectivity index (χ3v) is 6.35. The van der Waals surface area contributed by atoms with E-state index in [1.807, 2.05) is 24.3 Å². The van der Waals surface area contributed by atoms with E-state index in [9.17, 15) is 13.2 Å². The first kappa shape index (κ1) is 19.1. The number of sulfonamides is 1. The van der Waals surface area contributed by atoms with Gasteiger partial charge in [-0.25, -0.2) is 12.7 Å². The fourth-order valence-electron chi connectivity index (χ4n) is 3.03. The maximum absolute atomic E-state index is 12.6. The summed E-state index contributed by atoms with van der Waals surface area (Å²) in [5, 5.41) is 0. The lowest BCUT2D eigenvalue weighted by Gasteiger charge is -2.16. The van der Waals surface area contributed by atoms with Gasteiger partial charge in [-0.3, -0.25) is 4.79 Å². The number of anilines is 1. The Morgan fingerprint density at radius 2 is 1.93 bits per heavy atom. The van der Waals surface area contributed by atoms with Crippen molar-refractivity contribution in [3.8, 4) is 5.75 Å². The zero-order chi connectivity index (χ0) is 19.6. The smallest absolute Gasteiger partial charge is 0.251 e. The molecule has 0 aliphatic carbocycles. The minimum Gasteiger partial charge on any atom is -0.496 e. The standard InChI is InChI=1S/C20H22N2O4S/c1-21(2)27(24,25)17-9-10-18-16(14-17)12-13-22(18)20(23)11-8-15-6-4-5-7-19(15)26-3/h4-11,14H,12-13H2,1-3H3/b11-8+. The second kappa shape index (κ2) is 7.54. The van der Waals surface area contributed by atoms with Gasteiger partial charge in [0, 0.05) is 38.0 Å². The van der Waals surface area contributed by atoms with Crippen LogP contribution in [0, 0.1) is 0 Å². The van der Waals surface area contributed by atoms with Gasteiger partial charge in [0.05, 0.1) is 12.0 Å². The Bertz CT molecular complexity index is 997. The average Bonchev–Trinajstić information content (AvgIpc) is 3.09. The van der Waals surface area contributed by atoms with E-state index in [0.717, 1.165) is 16.8 Å². The second-order valence-corrected chi connectivity index (χ2v) is 8.54. The number of carbonyl (C=O) groups is 1. The number of hydrogen-bond acceptors (Lipinski definition) is 4. The van der Waals surface area contributed by atoms with Gasteiger partial charge in [0.2, 0.25) is 10.0 Å². The normalized spacial score (nSPS) is 14.0. The summed E-state index contributed by atoms with van der Waals surface area (Å²) < 4.78 is 31.0. The molecule has 0 atom stereocenters. The monoisotopic (exact) mass is 386 g/mol. The molecule has 1 aliphatic heterocycles. The Kier molecular flexibility index (Phi) is 5.34. The van der Waals surface area contributed by atoms with Gasteiger partial charge >= 0.3 is 0 Å². The van der Waals surface area contributed by atoms with Crippen LogP contribution in [-0.2, 0) is 21.2 Å². The Morgan fingerprint density at radius 1 is 1.19 bits per heavy atom. The molecule has 0 aromatic heterocycles. The molecular weight excluding hydrogens is 364 g/mol. The van der Waals surface area contributed by atoms with Gasteiger partial charge in [-0.05, 0) is 42.3 Å². The van der Waals surface area contributed by atoms with Crippen LogP contribution in [0.25, 0.3) is 6.08 Å². The molecule has 2 aromatic carbocycles. The maximum Gasteiger partial charge on any atom is 0.251 e. The lowest BCUT2D eigenvalue weighted by atomic mass is 10.1. The van der Waals surface area contributed by atoms with Crippen molar-refractivity contribution in [1.82, 2.24) is 4.31 Å². The van der Waals surface area contributed by atoms with Crippen molar-refractivity contribution in [2.45, 2.75) is 11.3 Å². The average molecular weight is 386 g/mol. The van der Waals surface area contributed by atoms with E-state index < -0.39 is 10.0 Å². The van der Waals surface area contributed by atoms with Crippen molar-refractivity contribution in [1.29, 1.82) is 0 Å². The highest BCUT2D eigenvalue weighted by molar-refractivity contribution is 7.89. The molecule has 0 radical (unpaired) electrons. The first-order chi connectivity index (χ1) is 12.8. The number of hydrogen-bond donors (Lipinski definition) is 0. The highest BCUT2D eigenvalue weighted by atomic mass is 32.2. The van der Waals surface area contributed by atoms with Crippen LogP contribution in [-0.4, -0.2) is 46.4 Å². The number of carbonyl (C=O) groups excluding carboxylic acids is 1. The van der Waals surface area contributed by atoms with E-state index >= 15 is 0 Å². The van der Waals surface area contributed by atoms with Crippen LogP contribution in [0.15, 0.2) is 53.4 Å². The number of rotatable bonds is 5. The first-order valence-electron chi connectivity index (χ1n) is 8.52. The third kappa shape index (κ3) is 3.74. The molecule has 0 unspecified atom stereocenters. The Balaban J connectivity index is 1.83. The molecule has 1 heterocycles. The SMILES string of the molecule is COc1ccccc1/C=C/C(=O)N1CCc2cc(S(=O)(=O)N(C)C)ccc21. The summed E-state index contributed by atoms with van der Waals surface area (Å²) in [5.74, 6) is 0.546. The van der Waals surface area contributed by atoms with Crippen LogP contribution in [0.3, 0.4) is 0 Å². The lowest BCUT2D eigenvalue weighted by molar-refractivity contribution is -0.114. The number of para-hydroxylation sites is 1. The molecule has 0 saturated heterocycles. The topological polar surface area (TPSA) is 66.9 Å². The van der Waals surface area contributed by atoms with Crippen LogP contribution in [0.5, 0.6) is 5.75 Å². The Hall–Kier alpha value is -2.64. The highest BCUT2D eigenvalue weighted by Crippen LogP contribution is 2.31. The number of nitrogens with zero attached hydrogens (tertiary/aromatic N) is 2. The molecule has 2 aromatic rings. The molecule has 1 aliphatic rings. The molecule has 0 saturated carbocycles. The van der Waals surface area contributed by atoms with Crippen molar-refractivity contribution in [3.63, 3.8) is 0 Å². The van der Waals surface area contributed by atoms with Gasteiger partial charge in [-0.15, -0.1) is 0 Å². The van der Waals surface area contributed by atoms with E-state index in [0.29, 0.717) is 18.7 Å². The van der Waals surface area contributed by atoms with Crippen molar-refractivity contribution in [2.75, 3.05) is 32.6 Å². The molecule has 0 N–H and O–H groups in total. The van der Waals surface area contributed by atoms with E-state index in [2.05, 4.69) is 0 Å². The van der Waals surface area contributed by atoms with Gasteiger partial charge in [0.25, 0.3) is 5.91 Å². The van der Waals surface area contributed by atoms with Crippen molar-refractivity contribution < 1.29 is 17.9 Å². The minimum absolute atomic E-state index is 0.150. The van der Waals surface area contributed by atoms with E-state index in [-0.39, 0.29) is 10.8 Å². The van der Waals surface area contributed by atoms with Crippen molar-refractivity contribution >= 4 is 27.7 Å². The molecular formula is C20H22N2O4S. The predicted molar refractivity (Wildman–Crippen MR) is 105 cm³/mol. The minimum atomic E-state index is -3.49. The second-order valence-electron chi connectivity index (χ2n) is 6.39. The quantitative estimate of drug-likeness (QED) is 0.741. The Labute approximate surface area is 159 Å². The predicted octanol–water partition coefficient (Wildman–Crippen LogP) is 2.55. The molecule has 7 heteroatoms. The highest BCUT2D eigenvalue weighted by Gasteiger charge is 2.26. The lowest BCUT2D eigenvalue weighted by Crippen LogP contribution is -2.27. The van der Waals surface area contributed by atoms with Gasteiger partial charge in [-0.1, -0.05) is 18.2 Å². The fraction of sp³-hybridized carbons (Fsp3) is 0.250. The Morgan fingerprint density at radius 3 is 2.63 bits per heavy atom. The number of ether oxygens (including phenoxy) is 1. The third-order valence-electron chi connectivity index (χ3n) is 4.54. The van der Waals surface area contributed by atoms with Crippen molar-refractivity contribution in [3.05, 3.63) is 59.7 Å². The summed E-state index contributed by atoms with van der Waals surface area (Å²) in [6.07, 6.45) is 3.86. The van der Waals surface area contributed by atoms with Gasteiger partial charge in [0.1, 0.15) is 5.75 Å². The van der Waals surface area contributed by atoms with E-state index in [1.54, 1.807) is 36.3 Å². The molecule has 0 bridgehead atoms. The fourth-order valence-corrected chi connectivity index (χ4v) is 3.99. The van der Waals surface area contributed by atoms with Crippen LogP contribution >= 0.6 is 0 Å². The number of benzene rings is 2. The number of fused-ring (bicyclic) bond motifs is 1. The molecule has 142 valence electrons. The van der Waals surface area contributed by atoms with Gasteiger partial charge in [-0.2, -0.15) is 0 Å². The zero-order valence-corrected chi connectivity index (χ0v) is 16.4. The van der Waals surface area contributed by atoms with Gasteiger partial charge < -0.3 is 9.64 Å². The molecule has 0 fully saturated rings. The molecule has 1 amide bonds. The molecule has 27 heavy (non-hydrogen) atoms. The number of amides is 1. The van der Waals surface area contributed by atoms with Crippen LogP contribution in [0.2, 0.25) is 0 Å².